The van der Waals surface area contributed by atoms with Crippen molar-refractivity contribution >= 4 is 0 Å². The van der Waals surface area contributed by atoms with Gasteiger partial charge in [-0.2, -0.15) is 0 Å². The Hall–Kier alpha value is -1.06. The molecule has 0 saturated carbocycles. The number of hydrogen-bond acceptors (Lipinski definition) is 3. The molecule has 20 heavy (non-hydrogen) atoms. The van der Waals surface area contributed by atoms with Gasteiger partial charge < -0.3 is 15.0 Å². The first-order valence-electron chi connectivity index (χ1n) is 8.03. The molecule has 2 rings (SSSR count). The van der Waals surface area contributed by atoms with Crippen molar-refractivity contribution in [2.45, 2.75) is 32.6 Å². The van der Waals surface area contributed by atoms with Crippen LogP contribution in [-0.4, -0.2) is 44.2 Å². The van der Waals surface area contributed by atoms with E-state index in [0.717, 1.165) is 31.9 Å². The first kappa shape index (κ1) is 15.3. The maximum absolute atomic E-state index is 5.69. The predicted molar refractivity (Wildman–Crippen MR) is 84.5 cm³/mol. The van der Waals surface area contributed by atoms with E-state index in [1.54, 1.807) is 0 Å². The van der Waals surface area contributed by atoms with Gasteiger partial charge in [0.25, 0.3) is 0 Å². The van der Waals surface area contributed by atoms with Crippen molar-refractivity contribution in [3.05, 3.63) is 29.8 Å². The molecular formula is C17H28N2O. The van der Waals surface area contributed by atoms with E-state index >= 15 is 0 Å². The Kier molecular flexibility index (Phi) is 6.89. The maximum atomic E-state index is 5.69. The van der Waals surface area contributed by atoms with Gasteiger partial charge in [-0.15, -0.1) is 0 Å². The molecule has 0 aliphatic carbocycles. The Balaban J connectivity index is 1.65. The van der Waals surface area contributed by atoms with Gasteiger partial charge in [0, 0.05) is 26.2 Å². The summed E-state index contributed by atoms with van der Waals surface area (Å²) in [6.07, 6.45) is 4.73. The van der Waals surface area contributed by atoms with Crippen LogP contribution in [0.5, 0.6) is 5.75 Å². The Labute approximate surface area is 123 Å². The molecule has 112 valence electrons. The summed E-state index contributed by atoms with van der Waals surface area (Å²) in [5.41, 5.74) is 1.42. The van der Waals surface area contributed by atoms with Crippen LogP contribution in [0.2, 0.25) is 0 Å². The summed E-state index contributed by atoms with van der Waals surface area (Å²) in [5.74, 6) is 1.00. The van der Waals surface area contributed by atoms with Crippen LogP contribution in [0.25, 0.3) is 0 Å². The number of rotatable bonds is 8. The zero-order valence-electron chi connectivity index (χ0n) is 12.7. The summed E-state index contributed by atoms with van der Waals surface area (Å²) < 4.78 is 5.69. The maximum Gasteiger partial charge on any atom is 0.119 e. The molecule has 1 aliphatic heterocycles. The molecule has 1 fully saturated rings. The molecule has 1 saturated heterocycles. The second-order valence-electron chi connectivity index (χ2n) is 5.54. The molecule has 1 N–H and O–H groups in total. The summed E-state index contributed by atoms with van der Waals surface area (Å²) in [6.45, 7) is 8.92. The minimum atomic E-state index is 0.832. The minimum Gasteiger partial charge on any atom is -0.494 e. The van der Waals surface area contributed by atoms with Crippen LogP contribution in [0.3, 0.4) is 0 Å². The number of nitrogens with zero attached hydrogens (tertiary/aromatic N) is 1. The van der Waals surface area contributed by atoms with Crippen molar-refractivity contribution in [2.24, 2.45) is 0 Å². The van der Waals surface area contributed by atoms with E-state index in [1.807, 2.05) is 0 Å². The number of unbranched alkanes of at least 4 members (excludes halogenated alkanes) is 1. The predicted octanol–water partition coefficient (Wildman–Crippen LogP) is 2.70. The molecule has 1 aromatic rings. The molecule has 0 radical (unpaired) electrons. The molecular weight excluding hydrogens is 248 g/mol. The molecule has 1 heterocycles. The second-order valence-corrected chi connectivity index (χ2v) is 5.54. The molecule has 0 unspecified atom stereocenters. The Bertz CT molecular complexity index is 358. The third-order valence-corrected chi connectivity index (χ3v) is 3.84. The van der Waals surface area contributed by atoms with Crippen LogP contribution in [0.4, 0.5) is 0 Å². The van der Waals surface area contributed by atoms with Gasteiger partial charge in [-0.05, 0) is 43.5 Å². The van der Waals surface area contributed by atoms with Gasteiger partial charge in [0.05, 0.1) is 6.61 Å². The molecule has 0 bridgehead atoms. The van der Waals surface area contributed by atoms with Crippen LogP contribution in [0, 0.1) is 0 Å². The van der Waals surface area contributed by atoms with E-state index in [9.17, 15) is 0 Å². The normalized spacial score (nSPS) is 16.2. The highest BCUT2D eigenvalue weighted by atomic mass is 16.5. The zero-order chi connectivity index (χ0) is 14.0. The topological polar surface area (TPSA) is 24.5 Å². The highest BCUT2D eigenvalue weighted by Gasteiger charge is 2.08. The van der Waals surface area contributed by atoms with Gasteiger partial charge in [-0.25, -0.2) is 0 Å². The molecule has 0 spiro atoms. The van der Waals surface area contributed by atoms with Crippen molar-refractivity contribution in [3.8, 4) is 5.75 Å². The summed E-state index contributed by atoms with van der Waals surface area (Å²) in [6, 6.07) is 8.63. The van der Waals surface area contributed by atoms with Gasteiger partial charge in [0.15, 0.2) is 0 Å². The fraction of sp³-hybridized carbons (Fsp3) is 0.647. The van der Waals surface area contributed by atoms with Crippen molar-refractivity contribution < 1.29 is 4.74 Å². The smallest absolute Gasteiger partial charge is 0.119 e. The van der Waals surface area contributed by atoms with Crippen molar-refractivity contribution in [1.29, 1.82) is 0 Å². The van der Waals surface area contributed by atoms with Crippen molar-refractivity contribution in [3.63, 3.8) is 0 Å². The van der Waals surface area contributed by atoms with Crippen LogP contribution in [0.15, 0.2) is 24.3 Å². The monoisotopic (exact) mass is 276 g/mol. The summed E-state index contributed by atoms with van der Waals surface area (Å²) >= 11 is 0. The molecule has 3 nitrogen and oxygen atoms in total. The van der Waals surface area contributed by atoms with E-state index in [0.29, 0.717) is 0 Å². The highest BCUT2D eigenvalue weighted by molar-refractivity contribution is 5.27. The van der Waals surface area contributed by atoms with Gasteiger partial charge in [0.2, 0.25) is 0 Å². The van der Waals surface area contributed by atoms with Crippen LogP contribution in [-0.2, 0) is 6.42 Å². The first-order valence-corrected chi connectivity index (χ1v) is 8.03. The second kappa shape index (κ2) is 8.98. The zero-order valence-corrected chi connectivity index (χ0v) is 12.7. The van der Waals surface area contributed by atoms with Gasteiger partial charge >= 0.3 is 0 Å². The molecule has 0 aromatic heterocycles. The lowest BCUT2D eigenvalue weighted by Crippen LogP contribution is -2.43. The quantitative estimate of drug-likeness (QED) is 0.739. The fourth-order valence-corrected chi connectivity index (χ4v) is 2.53. The van der Waals surface area contributed by atoms with Gasteiger partial charge in [-0.1, -0.05) is 25.5 Å². The first-order chi connectivity index (χ1) is 9.88. The largest absolute Gasteiger partial charge is 0.494 e. The van der Waals surface area contributed by atoms with Crippen molar-refractivity contribution in [2.75, 3.05) is 39.3 Å². The number of nitrogens with one attached hydrogen (secondary N) is 1. The molecule has 0 atom stereocenters. The third kappa shape index (κ3) is 5.51. The summed E-state index contributed by atoms with van der Waals surface area (Å²) in [7, 11) is 0. The number of benzene rings is 1. The average Bonchev–Trinajstić information content (AvgIpc) is 2.50. The van der Waals surface area contributed by atoms with Crippen LogP contribution < -0.4 is 10.1 Å². The van der Waals surface area contributed by atoms with E-state index < -0.39 is 0 Å². The molecule has 3 heteroatoms. The lowest BCUT2D eigenvalue weighted by Gasteiger charge is -2.27. The average molecular weight is 276 g/mol. The Morgan fingerprint density at radius 2 is 1.85 bits per heavy atom. The standard InChI is InChI=1S/C17H28N2O/c1-2-3-15-20-17-8-6-16(7-9-17)5-4-12-19-13-10-18-11-14-19/h6-9,18H,2-5,10-15H2,1H3. The SMILES string of the molecule is CCCCOc1ccc(CCCN2CCNCC2)cc1. The van der Waals surface area contributed by atoms with Crippen LogP contribution >= 0.6 is 0 Å². The summed E-state index contributed by atoms with van der Waals surface area (Å²) in [5, 5.41) is 3.39. The number of piperazine rings is 1. The third-order valence-electron chi connectivity index (χ3n) is 3.84. The van der Waals surface area contributed by atoms with E-state index in [4.69, 9.17) is 4.74 Å². The lowest BCUT2D eigenvalue weighted by molar-refractivity contribution is 0.238. The van der Waals surface area contributed by atoms with E-state index in [-0.39, 0.29) is 0 Å². The Morgan fingerprint density at radius 1 is 1.10 bits per heavy atom. The van der Waals surface area contributed by atoms with Gasteiger partial charge in [-0.3, -0.25) is 0 Å². The number of aryl methyl sites for hydroxylation is 1. The highest BCUT2D eigenvalue weighted by Crippen LogP contribution is 2.14. The fourth-order valence-electron chi connectivity index (χ4n) is 2.53. The summed E-state index contributed by atoms with van der Waals surface area (Å²) in [4.78, 5) is 2.55. The minimum absolute atomic E-state index is 0.832. The number of ether oxygens (including phenoxy) is 1. The lowest BCUT2D eigenvalue weighted by atomic mass is 10.1. The van der Waals surface area contributed by atoms with Crippen LogP contribution in [0.1, 0.15) is 31.7 Å². The van der Waals surface area contributed by atoms with Gasteiger partial charge in [0.1, 0.15) is 5.75 Å². The Morgan fingerprint density at radius 3 is 2.55 bits per heavy atom. The van der Waals surface area contributed by atoms with E-state index in [1.165, 1.54) is 44.5 Å². The van der Waals surface area contributed by atoms with Crippen molar-refractivity contribution in [1.82, 2.24) is 10.2 Å². The van der Waals surface area contributed by atoms with E-state index in [2.05, 4.69) is 41.4 Å². The number of hydrogen-bond donors (Lipinski definition) is 1. The molecule has 1 aliphatic rings. The molecule has 1 aromatic carbocycles. The molecule has 0 amide bonds.